The monoisotopic (exact) mass is 150 g/mol. The summed E-state index contributed by atoms with van der Waals surface area (Å²) in [4.78, 5) is 0. The highest BCUT2D eigenvalue weighted by molar-refractivity contribution is 4.79. The summed E-state index contributed by atoms with van der Waals surface area (Å²) in [6, 6.07) is 0. The molecule has 0 unspecified atom stereocenters. The van der Waals surface area contributed by atoms with Crippen LogP contribution in [-0.2, 0) is 0 Å². The molecule has 8 N–H and O–H groups in total. The first kappa shape index (κ1) is 12.5. The topological polar surface area (TPSA) is 115 Å². The maximum atomic E-state index is 5.66. The zero-order chi connectivity index (χ0) is 6.04. The van der Waals surface area contributed by atoms with E-state index < -0.39 is 0 Å². The molecule has 64 valence electrons. The Morgan fingerprint density at radius 3 is 1.40 bits per heavy atom. The van der Waals surface area contributed by atoms with E-state index in [1.165, 1.54) is 19.3 Å². The van der Waals surface area contributed by atoms with E-state index in [4.69, 9.17) is 11.5 Å². The van der Waals surface area contributed by atoms with E-state index in [0.717, 1.165) is 12.8 Å². The van der Waals surface area contributed by atoms with Crippen molar-refractivity contribution in [2.24, 2.45) is 11.5 Å². The van der Waals surface area contributed by atoms with Crippen LogP contribution in [0.25, 0.3) is 0 Å². The lowest BCUT2D eigenvalue weighted by atomic mass is 9.91. The Bertz CT molecular complexity index is 77.8. The Hall–Kier alpha value is -0.160. The third-order valence-corrected chi connectivity index (χ3v) is 1.78. The van der Waals surface area contributed by atoms with Gasteiger partial charge in [0.25, 0.3) is 0 Å². The van der Waals surface area contributed by atoms with E-state index in [0.29, 0.717) is 0 Å². The summed E-state index contributed by atoms with van der Waals surface area (Å²) >= 11 is 0. The molecule has 0 aromatic carbocycles. The molecule has 1 fully saturated rings. The second-order valence-corrected chi connectivity index (χ2v) is 2.79. The maximum absolute atomic E-state index is 5.66. The van der Waals surface area contributed by atoms with Gasteiger partial charge >= 0.3 is 0 Å². The van der Waals surface area contributed by atoms with Crippen molar-refractivity contribution in [3.8, 4) is 0 Å². The van der Waals surface area contributed by atoms with Crippen LogP contribution < -0.4 is 11.5 Å². The van der Waals surface area contributed by atoms with Gasteiger partial charge in [-0.25, -0.2) is 0 Å². The van der Waals surface area contributed by atoms with Crippen molar-refractivity contribution >= 4 is 0 Å². The van der Waals surface area contributed by atoms with Crippen LogP contribution >= 0.6 is 0 Å². The molecular weight excluding hydrogens is 132 g/mol. The van der Waals surface area contributed by atoms with Crippen molar-refractivity contribution in [1.82, 2.24) is 0 Å². The highest BCUT2D eigenvalue weighted by atomic mass is 16.0. The van der Waals surface area contributed by atoms with Crippen LogP contribution in [0.4, 0.5) is 0 Å². The minimum Gasteiger partial charge on any atom is -0.412 e. The molecule has 0 aromatic rings. The molecule has 4 nitrogen and oxygen atoms in total. The molecule has 0 aliphatic heterocycles. The summed E-state index contributed by atoms with van der Waals surface area (Å²) < 4.78 is 0. The minimum atomic E-state index is -0.321. The molecule has 0 spiro atoms. The summed E-state index contributed by atoms with van der Waals surface area (Å²) in [6.45, 7) is 0. The molecular formula is C6H18N2O2. The second-order valence-electron chi connectivity index (χ2n) is 2.79. The number of hydrogen-bond donors (Lipinski definition) is 2. The standard InChI is InChI=1S/C6H14N2.2H2O/c7-6(8)4-2-1-3-5-6;;/h1-5,7-8H2;2*1H2. The van der Waals surface area contributed by atoms with Gasteiger partial charge in [0.05, 0.1) is 5.66 Å². The fraction of sp³-hybridized carbons (Fsp3) is 1.00. The fourth-order valence-corrected chi connectivity index (χ4v) is 1.21. The maximum Gasteiger partial charge on any atom is 0.0636 e. The average Bonchev–Trinajstić information content (AvgIpc) is 1.65. The Kier molecular flexibility index (Phi) is 5.78. The predicted octanol–water partition coefficient (Wildman–Crippen LogP) is -1.09. The third kappa shape index (κ3) is 3.79. The molecule has 1 saturated carbocycles. The number of nitrogens with two attached hydrogens (primary N) is 2. The van der Waals surface area contributed by atoms with E-state index in [-0.39, 0.29) is 16.6 Å². The van der Waals surface area contributed by atoms with Crippen LogP contribution in [0.15, 0.2) is 0 Å². The molecule has 10 heavy (non-hydrogen) atoms. The lowest BCUT2D eigenvalue weighted by Crippen LogP contribution is -2.50. The van der Waals surface area contributed by atoms with Crippen LogP contribution in [0.3, 0.4) is 0 Å². The van der Waals surface area contributed by atoms with Crippen LogP contribution in [0.5, 0.6) is 0 Å². The van der Waals surface area contributed by atoms with Gasteiger partial charge in [-0.15, -0.1) is 0 Å². The summed E-state index contributed by atoms with van der Waals surface area (Å²) in [7, 11) is 0. The zero-order valence-electron chi connectivity index (χ0n) is 6.19. The van der Waals surface area contributed by atoms with Gasteiger partial charge < -0.3 is 22.4 Å². The lowest BCUT2D eigenvalue weighted by molar-refractivity contribution is 0.306. The van der Waals surface area contributed by atoms with Crippen molar-refractivity contribution in [2.45, 2.75) is 37.8 Å². The van der Waals surface area contributed by atoms with Crippen LogP contribution in [0.2, 0.25) is 0 Å². The zero-order valence-corrected chi connectivity index (χ0v) is 6.19. The van der Waals surface area contributed by atoms with Crippen LogP contribution in [0, 0.1) is 0 Å². The molecule has 0 atom stereocenters. The van der Waals surface area contributed by atoms with Crippen molar-refractivity contribution < 1.29 is 11.0 Å². The van der Waals surface area contributed by atoms with Crippen LogP contribution in [0.1, 0.15) is 32.1 Å². The van der Waals surface area contributed by atoms with Crippen LogP contribution in [-0.4, -0.2) is 16.6 Å². The Morgan fingerprint density at radius 2 is 1.20 bits per heavy atom. The highest BCUT2D eigenvalue weighted by Crippen LogP contribution is 2.20. The third-order valence-electron chi connectivity index (χ3n) is 1.78. The van der Waals surface area contributed by atoms with E-state index in [1.54, 1.807) is 0 Å². The van der Waals surface area contributed by atoms with Gasteiger partial charge in [0.1, 0.15) is 0 Å². The summed E-state index contributed by atoms with van der Waals surface area (Å²) in [6.07, 6.45) is 5.76. The molecule has 0 bridgehead atoms. The summed E-state index contributed by atoms with van der Waals surface area (Å²) in [5.74, 6) is 0. The van der Waals surface area contributed by atoms with E-state index in [2.05, 4.69) is 0 Å². The van der Waals surface area contributed by atoms with Crippen molar-refractivity contribution in [1.29, 1.82) is 0 Å². The van der Waals surface area contributed by atoms with Gasteiger partial charge in [0, 0.05) is 0 Å². The molecule has 0 radical (unpaired) electrons. The molecule has 4 heteroatoms. The first-order valence-corrected chi connectivity index (χ1v) is 3.28. The minimum absolute atomic E-state index is 0. The Balaban J connectivity index is 0. The number of rotatable bonds is 0. The fourth-order valence-electron chi connectivity index (χ4n) is 1.21. The molecule has 1 rings (SSSR count). The van der Waals surface area contributed by atoms with E-state index >= 15 is 0 Å². The SMILES string of the molecule is NC1(N)CCCCC1.O.O. The van der Waals surface area contributed by atoms with Gasteiger partial charge in [0.2, 0.25) is 0 Å². The van der Waals surface area contributed by atoms with Crippen molar-refractivity contribution in [2.75, 3.05) is 0 Å². The van der Waals surface area contributed by atoms with Gasteiger partial charge in [-0.1, -0.05) is 19.3 Å². The van der Waals surface area contributed by atoms with Gasteiger partial charge in [-0.2, -0.15) is 0 Å². The molecule has 0 saturated heterocycles. The van der Waals surface area contributed by atoms with Gasteiger partial charge in [0.15, 0.2) is 0 Å². The average molecular weight is 150 g/mol. The smallest absolute Gasteiger partial charge is 0.0636 e. The largest absolute Gasteiger partial charge is 0.412 e. The molecule has 1 aliphatic carbocycles. The van der Waals surface area contributed by atoms with Gasteiger partial charge in [-0.3, -0.25) is 0 Å². The van der Waals surface area contributed by atoms with Gasteiger partial charge in [-0.05, 0) is 12.8 Å². The van der Waals surface area contributed by atoms with E-state index in [1.807, 2.05) is 0 Å². The molecule has 1 aliphatic rings. The molecule has 0 heterocycles. The quantitative estimate of drug-likeness (QED) is 0.427. The Morgan fingerprint density at radius 1 is 0.800 bits per heavy atom. The first-order valence-electron chi connectivity index (χ1n) is 3.28. The van der Waals surface area contributed by atoms with Crippen molar-refractivity contribution in [3.63, 3.8) is 0 Å². The molecule has 0 amide bonds. The second kappa shape index (κ2) is 4.62. The number of hydrogen-bond acceptors (Lipinski definition) is 2. The molecule has 0 aromatic heterocycles. The summed E-state index contributed by atoms with van der Waals surface area (Å²) in [5, 5.41) is 0. The Labute approximate surface area is 61.2 Å². The lowest BCUT2D eigenvalue weighted by Gasteiger charge is -2.28. The first-order chi connectivity index (χ1) is 3.71. The highest BCUT2D eigenvalue weighted by Gasteiger charge is 2.21. The normalized spacial score (nSPS) is 22.2. The van der Waals surface area contributed by atoms with Crippen molar-refractivity contribution in [3.05, 3.63) is 0 Å². The van der Waals surface area contributed by atoms with E-state index in [9.17, 15) is 0 Å². The summed E-state index contributed by atoms with van der Waals surface area (Å²) in [5.41, 5.74) is 11.0. The predicted molar refractivity (Wildman–Crippen MR) is 41.4 cm³/mol.